The fourth-order valence-electron chi connectivity index (χ4n) is 3.06. The largest absolute Gasteiger partial charge is 0.350 e. The number of benzene rings is 2. The molecule has 5 nitrogen and oxygen atoms in total. The molecule has 8 heteroatoms. The minimum atomic E-state index is -0.412. The molecule has 0 aliphatic rings. The molecule has 0 radical (unpaired) electrons. The first-order valence-corrected chi connectivity index (χ1v) is 9.73. The molecule has 0 aliphatic heterocycles. The summed E-state index contributed by atoms with van der Waals surface area (Å²) in [4.78, 5) is 29.7. The summed E-state index contributed by atoms with van der Waals surface area (Å²) >= 11 is 7.27. The summed E-state index contributed by atoms with van der Waals surface area (Å²) in [6.45, 7) is 1.72. The van der Waals surface area contributed by atoms with Gasteiger partial charge in [0.2, 0.25) is 5.91 Å². The molecule has 1 amide bonds. The van der Waals surface area contributed by atoms with Crippen molar-refractivity contribution < 1.29 is 9.18 Å². The van der Waals surface area contributed by atoms with E-state index >= 15 is 0 Å². The molecule has 0 aliphatic carbocycles. The van der Waals surface area contributed by atoms with Crippen molar-refractivity contribution in [2.24, 2.45) is 0 Å². The van der Waals surface area contributed by atoms with Gasteiger partial charge in [-0.25, -0.2) is 9.37 Å². The Kier molecular flexibility index (Phi) is 4.87. The van der Waals surface area contributed by atoms with Gasteiger partial charge in [-0.3, -0.25) is 14.2 Å². The monoisotopic (exact) mass is 415 g/mol. The van der Waals surface area contributed by atoms with E-state index in [1.807, 2.05) is 18.2 Å². The Balaban J connectivity index is 1.64. The zero-order chi connectivity index (χ0) is 19.8. The molecular formula is C20H15ClFN3O2S. The van der Waals surface area contributed by atoms with E-state index in [0.29, 0.717) is 31.1 Å². The van der Waals surface area contributed by atoms with Crippen LogP contribution in [-0.2, 0) is 17.9 Å². The van der Waals surface area contributed by atoms with E-state index in [-0.39, 0.29) is 24.6 Å². The number of aryl methyl sites for hydroxylation is 1. The molecule has 0 spiro atoms. The number of nitrogens with one attached hydrogen (secondary N) is 1. The minimum Gasteiger partial charge on any atom is -0.350 e. The van der Waals surface area contributed by atoms with E-state index in [1.165, 1.54) is 22.0 Å². The number of thiophene rings is 1. The van der Waals surface area contributed by atoms with Crippen LogP contribution in [0.2, 0.25) is 5.02 Å². The first-order chi connectivity index (χ1) is 13.5. The highest BCUT2D eigenvalue weighted by Crippen LogP contribution is 2.32. The molecule has 28 heavy (non-hydrogen) atoms. The van der Waals surface area contributed by atoms with Crippen LogP contribution < -0.4 is 10.9 Å². The number of halogens is 2. The predicted octanol–water partition coefficient (Wildman–Crippen LogP) is 4.03. The van der Waals surface area contributed by atoms with Crippen LogP contribution in [0.15, 0.2) is 47.3 Å². The molecule has 2 aromatic heterocycles. The smallest absolute Gasteiger partial charge is 0.272 e. The number of fused-ring (bicyclic) bond motifs is 3. The van der Waals surface area contributed by atoms with E-state index in [1.54, 1.807) is 25.1 Å². The van der Waals surface area contributed by atoms with Crippen LogP contribution in [0.1, 0.15) is 11.4 Å². The molecule has 0 fully saturated rings. The van der Waals surface area contributed by atoms with Crippen molar-refractivity contribution in [1.82, 2.24) is 14.9 Å². The van der Waals surface area contributed by atoms with Gasteiger partial charge in [0.15, 0.2) is 0 Å². The molecule has 4 rings (SSSR count). The summed E-state index contributed by atoms with van der Waals surface area (Å²) in [6.07, 6.45) is 0. The lowest BCUT2D eigenvalue weighted by atomic mass is 10.2. The van der Waals surface area contributed by atoms with Gasteiger partial charge in [-0.1, -0.05) is 35.9 Å². The van der Waals surface area contributed by atoms with Crippen LogP contribution in [0.5, 0.6) is 0 Å². The molecule has 4 aromatic rings. The number of rotatable bonds is 4. The van der Waals surface area contributed by atoms with E-state index in [9.17, 15) is 14.0 Å². The fraction of sp³-hybridized carbons (Fsp3) is 0.150. The maximum atomic E-state index is 14.2. The maximum absolute atomic E-state index is 14.2. The number of aromatic nitrogens is 2. The Bertz CT molecular complexity index is 1280. The van der Waals surface area contributed by atoms with Gasteiger partial charge in [-0.15, -0.1) is 11.3 Å². The summed E-state index contributed by atoms with van der Waals surface area (Å²) < 4.78 is 16.5. The lowest BCUT2D eigenvalue weighted by molar-refractivity contribution is -0.121. The average molecular weight is 416 g/mol. The number of amides is 1. The Hall–Kier alpha value is -2.77. The normalized spacial score (nSPS) is 11.2. The third kappa shape index (κ3) is 3.27. The molecule has 1 N–H and O–H groups in total. The van der Waals surface area contributed by atoms with Gasteiger partial charge in [-0.05, 0) is 30.7 Å². The van der Waals surface area contributed by atoms with Gasteiger partial charge in [0.25, 0.3) is 5.56 Å². The number of nitrogens with zero attached hydrogens (tertiary/aromatic N) is 2. The van der Waals surface area contributed by atoms with Crippen molar-refractivity contribution in [3.63, 3.8) is 0 Å². The SMILES string of the molecule is Cc1nc2c(sc3cccc(F)c32)c(=O)n1CC(=O)NCc1ccccc1Cl. The minimum absolute atomic E-state index is 0.172. The molecule has 0 saturated carbocycles. The van der Waals surface area contributed by atoms with Gasteiger partial charge in [0, 0.05) is 16.3 Å². The van der Waals surface area contributed by atoms with Crippen LogP contribution in [0, 0.1) is 12.7 Å². The predicted molar refractivity (Wildman–Crippen MR) is 109 cm³/mol. The van der Waals surface area contributed by atoms with Gasteiger partial charge in [0.05, 0.1) is 10.9 Å². The summed E-state index contributed by atoms with van der Waals surface area (Å²) in [5, 5.41) is 3.67. The van der Waals surface area contributed by atoms with Crippen molar-refractivity contribution in [3.8, 4) is 0 Å². The second-order valence-corrected chi connectivity index (χ2v) is 7.77. The van der Waals surface area contributed by atoms with Gasteiger partial charge < -0.3 is 5.32 Å². The van der Waals surface area contributed by atoms with Crippen molar-refractivity contribution in [2.45, 2.75) is 20.0 Å². The molecule has 0 atom stereocenters. The van der Waals surface area contributed by atoms with Crippen LogP contribution >= 0.6 is 22.9 Å². The van der Waals surface area contributed by atoms with Crippen LogP contribution in [0.4, 0.5) is 4.39 Å². The molecule has 2 aromatic carbocycles. The second kappa shape index (κ2) is 7.33. The van der Waals surface area contributed by atoms with Crippen LogP contribution in [-0.4, -0.2) is 15.5 Å². The van der Waals surface area contributed by atoms with E-state index in [4.69, 9.17) is 11.6 Å². The Morgan fingerprint density at radius 2 is 2.04 bits per heavy atom. The topological polar surface area (TPSA) is 64.0 Å². The third-order valence-electron chi connectivity index (χ3n) is 4.48. The quantitative estimate of drug-likeness (QED) is 0.547. The van der Waals surface area contributed by atoms with E-state index in [0.717, 1.165) is 5.56 Å². The van der Waals surface area contributed by atoms with Gasteiger partial charge in [-0.2, -0.15) is 0 Å². The molecule has 0 saturated heterocycles. The Labute approximate surface area is 168 Å². The zero-order valence-corrected chi connectivity index (χ0v) is 16.4. The van der Waals surface area contributed by atoms with Crippen molar-refractivity contribution in [2.75, 3.05) is 0 Å². The number of carbonyl (C=O) groups excluding carboxylic acids is 1. The third-order valence-corrected chi connectivity index (χ3v) is 5.98. The highest BCUT2D eigenvalue weighted by molar-refractivity contribution is 7.25. The van der Waals surface area contributed by atoms with Crippen molar-refractivity contribution >= 4 is 49.1 Å². The molecule has 0 bridgehead atoms. The number of hydrogen-bond donors (Lipinski definition) is 1. The summed E-state index contributed by atoms with van der Waals surface area (Å²) in [5.74, 6) is -0.391. The van der Waals surface area contributed by atoms with E-state index < -0.39 is 5.82 Å². The molecule has 142 valence electrons. The van der Waals surface area contributed by atoms with Crippen molar-refractivity contribution in [1.29, 1.82) is 0 Å². The maximum Gasteiger partial charge on any atom is 0.272 e. The molecule has 0 unspecified atom stereocenters. The summed E-state index contributed by atoms with van der Waals surface area (Å²) in [5.41, 5.74) is 0.777. The lowest BCUT2D eigenvalue weighted by Crippen LogP contribution is -2.33. The van der Waals surface area contributed by atoms with Crippen molar-refractivity contribution in [3.05, 3.63) is 75.0 Å². The van der Waals surface area contributed by atoms with Gasteiger partial charge in [0.1, 0.15) is 22.9 Å². The summed E-state index contributed by atoms with van der Waals surface area (Å²) in [7, 11) is 0. The Morgan fingerprint density at radius 1 is 1.25 bits per heavy atom. The lowest BCUT2D eigenvalue weighted by Gasteiger charge is -2.11. The molecular weight excluding hydrogens is 401 g/mol. The number of hydrogen-bond acceptors (Lipinski definition) is 4. The first kappa shape index (κ1) is 18.6. The highest BCUT2D eigenvalue weighted by atomic mass is 35.5. The highest BCUT2D eigenvalue weighted by Gasteiger charge is 2.17. The van der Waals surface area contributed by atoms with Crippen LogP contribution in [0.3, 0.4) is 0 Å². The second-order valence-electron chi connectivity index (χ2n) is 6.31. The van der Waals surface area contributed by atoms with Gasteiger partial charge >= 0.3 is 0 Å². The standard InChI is InChI=1S/C20H15ClFN3O2S/c1-11-24-18-17-14(22)7-4-8-15(17)28-19(18)20(27)25(11)10-16(26)23-9-12-5-2-3-6-13(12)21/h2-8H,9-10H2,1H3,(H,23,26). The number of carbonyl (C=O) groups is 1. The van der Waals surface area contributed by atoms with Crippen LogP contribution in [0.25, 0.3) is 20.3 Å². The Morgan fingerprint density at radius 3 is 2.82 bits per heavy atom. The first-order valence-electron chi connectivity index (χ1n) is 8.54. The zero-order valence-electron chi connectivity index (χ0n) is 14.8. The fourth-order valence-corrected chi connectivity index (χ4v) is 4.36. The average Bonchev–Trinajstić information content (AvgIpc) is 3.04. The molecule has 2 heterocycles. The summed E-state index contributed by atoms with van der Waals surface area (Å²) in [6, 6.07) is 11.9. The van der Waals surface area contributed by atoms with E-state index in [2.05, 4.69) is 10.3 Å².